The Bertz CT molecular complexity index is 1060. The number of rotatable bonds is 4. The molecule has 0 radical (unpaired) electrons. The third kappa shape index (κ3) is 3.13. The van der Waals surface area contributed by atoms with Gasteiger partial charge in [-0.1, -0.05) is 60.3 Å². The number of thioether (sulfide) groups is 1. The lowest BCUT2D eigenvalue weighted by Crippen LogP contribution is -2.21. The molecule has 0 aliphatic heterocycles. The van der Waals surface area contributed by atoms with Crippen LogP contribution in [-0.2, 0) is 0 Å². The van der Waals surface area contributed by atoms with Gasteiger partial charge in [-0.3, -0.25) is 9.36 Å². The van der Waals surface area contributed by atoms with Crippen molar-refractivity contribution in [3.8, 4) is 5.69 Å². The van der Waals surface area contributed by atoms with E-state index in [-0.39, 0.29) is 10.8 Å². The number of thiophene rings is 1. The van der Waals surface area contributed by atoms with Gasteiger partial charge >= 0.3 is 0 Å². The average molecular weight is 364 g/mol. The summed E-state index contributed by atoms with van der Waals surface area (Å²) in [5.74, 6) is 0. The Morgan fingerprint density at radius 1 is 1.00 bits per heavy atom. The highest BCUT2D eigenvalue weighted by Gasteiger charge is 2.17. The highest BCUT2D eigenvalue weighted by molar-refractivity contribution is 7.99. The maximum Gasteiger partial charge on any atom is 0.267 e. The molecule has 124 valence electrons. The van der Waals surface area contributed by atoms with Gasteiger partial charge in [0.05, 0.1) is 11.1 Å². The monoisotopic (exact) mass is 364 g/mol. The standard InChI is InChI=1S/C20H16N2OS2/c1-14(15-8-4-2-5-9-15)25-20-21-18-17(12-13-24-18)19(23)22(20)16-10-6-3-7-11-16/h2-14H,1H3. The van der Waals surface area contributed by atoms with Crippen LogP contribution in [0.15, 0.2) is 82.1 Å². The molecule has 0 bridgehead atoms. The fourth-order valence-electron chi connectivity index (χ4n) is 2.73. The minimum Gasteiger partial charge on any atom is -0.268 e. The first-order chi connectivity index (χ1) is 12.2. The second kappa shape index (κ2) is 6.86. The summed E-state index contributed by atoms with van der Waals surface area (Å²) in [5, 5.41) is 3.51. The molecule has 0 amide bonds. The van der Waals surface area contributed by atoms with Crippen molar-refractivity contribution >= 4 is 33.3 Å². The quantitative estimate of drug-likeness (QED) is 0.364. The largest absolute Gasteiger partial charge is 0.268 e. The molecule has 2 aromatic carbocycles. The maximum absolute atomic E-state index is 13.0. The molecule has 2 heterocycles. The Hall–Kier alpha value is -2.37. The Morgan fingerprint density at radius 3 is 2.40 bits per heavy atom. The van der Waals surface area contributed by atoms with E-state index < -0.39 is 0 Å². The molecule has 0 aliphatic carbocycles. The van der Waals surface area contributed by atoms with Crippen LogP contribution in [-0.4, -0.2) is 9.55 Å². The number of nitrogens with zero attached hydrogens (tertiary/aromatic N) is 2. The van der Waals surface area contributed by atoms with Gasteiger partial charge in [-0.05, 0) is 36.1 Å². The molecular weight excluding hydrogens is 348 g/mol. The van der Waals surface area contributed by atoms with Gasteiger partial charge in [-0.25, -0.2) is 4.98 Å². The van der Waals surface area contributed by atoms with Gasteiger partial charge in [-0.15, -0.1) is 11.3 Å². The molecule has 0 N–H and O–H groups in total. The number of fused-ring (bicyclic) bond motifs is 1. The second-order valence-electron chi connectivity index (χ2n) is 5.68. The molecule has 0 aliphatic rings. The van der Waals surface area contributed by atoms with Gasteiger partial charge in [0.25, 0.3) is 5.56 Å². The predicted octanol–water partition coefficient (Wildman–Crippen LogP) is 5.30. The number of aromatic nitrogens is 2. The minimum absolute atomic E-state index is 0.0137. The number of benzene rings is 2. The molecule has 1 atom stereocenters. The Balaban J connectivity index is 1.86. The van der Waals surface area contributed by atoms with Gasteiger partial charge in [0.2, 0.25) is 0 Å². The summed E-state index contributed by atoms with van der Waals surface area (Å²) in [7, 11) is 0. The van der Waals surface area contributed by atoms with Crippen molar-refractivity contribution in [2.45, 2.75) is 17.3 Å². The lowest BCUT2D eigenvalue weighted by Gasteiger charge is -2.16. The first kappa shape index (κ1) is 16.1. The third-order valence-electron chi connectivity index (χ3n) is 4.03. The van der Waals surface area contributed by atoms with E-state index in [2.05, 4.69) is 19.1 Å². The molecule has 1 unspecified atom stereocenters. The molecule has 0 saturated heterocycles. The van der Waals surface area contributed by atoms with Crippen molar-refractivity contribution in [2.75, 3.05) is 0 Å². The molecule has 0 spiro atoms. The van der Waals surface area contributed by atoms with Gasteiger partial charge in [0, 0.05) is 5.25 Å². The van der Waals surface area contributed by atoms with E-state index in [0.717, 1.165) is 15.7 Å². The van der Waals surface area contributed by atoms with E-state index in [1.165, 1.54) is 16.9 Å². The summed E-state index contributed by atoms with van der Waals surface area (Å²) in [6.07, 6.45) is 0. The van der Waals surface area contributed by atoms with Crippen LogP contribution in [0, 0.1) is 0 Å². The van der Waals surface area contributed by atoms with Crippen molar-refractivity contribution in [1.29, 1.82) is 0 Å². The van der Waals surface area contributed by atoms with Gasteiger partial charge in [-0.2, -0.15) is 0 Å². The Kier molecular flexibility index (Phi) is 4.42. The molecule has 2 aromatic heterocycles. The van der Waals surface area contributed by atoms with E-state index in [1.54, 1.807) is 16.3 Å². The van der Waals surface area contributed by atoms with Crippen LogP contribution in [0.5, 0.6) is 0 Å². The topological polar surface area (TPSA) is 34.9 Å². The summed E-state index contributed by atoms with van der Waals surface area (Å²) in [6, 6.07) is 21.9. The van der Waals surface area contributed by atoms with Crippen LogP contribution in [0.3, 0.4) is 0 Å². The highest BCUT2D eigenvalue weighted by atomic mass is 32.2. The molecule has 4 aromatic rings. The third-order valence-corrected chi connectivity index (χ3v) is 5.95. The summed E-state index contributed by atoms with van der Waals surface area (Å²) >= 11 is 3.11. The molecule has 3 nitrogen and oxygen atoms in total. The van der Waals surface area contributed by atoms with E-state index >= 15 is 0 Å². The van der Waals surface area contributed by atoms with Crippen molar-refractivity contribution in [3.05, 3.63) is 88.0 Å². The number of hydrogen-bond acceptors (Lipinski definition) is 4. The smallest absolute Gasteiger partial charge is 0.267 e. The lowest BCUT2D eigenvalue weighted by molar-refractivity contribution is 0.818. The molecule has 0 fully saturated rings. The summed E-state index contributed by atoms with van der Waals surface area (Å²) in [4.78, 5) is 18.6. The summed E-state index contributed by atoms with van der Waals surface area (Å²) in [6.45, 7) is 2.14. The zero-order valence-electron chi connectivity index (χ0n) is 13.6. The van der Waals surface area contributed by atoms with Crippen molar-refractivity contribution in [2.24, 2.45) is 0 Å². The molecule has 4 rings (SSSR count). The van der Waals surface area contributed by atoms with Crippen LogP contribution >= 0.6 is 23.1 Å². The van der Waals surface area contributed by atoms with Crippen LogP contribution in [0.4, 0.5) is 0 Å². The van der Waals surface area contributed by atoms with E-state index in [0.29, 0.717) is 5.39 Å². The number of para-hydroxylation sites is 1. The summed E-state index contributed by atoms with van der Waals surface area (Å²) < 4.78 is 1.72. The van der Waals surface area contributed by atoms with Crippen LogP contribution in [0.1, 0.15) is 17.7 Å². The minimum atomic E-state index is -0.0137. The van der Waals surface area contributed by atoms with E-state index in [9.17, 15) is 4.79 Å². The molecule has 5 heteroatoms. The van der Waals surface area contributed by atoms with Crippen LogP contribution < -0.4 is 5.56 Å². The van der Waals surface area contributed by atoms with Gasteiger partial charge < -0.3 is 0 Å². The second-order valence-corrected chi connectivity index (χ2v) is 7.88. The first-order valence-electron chi connectivity index (χ1n) is 8.01. The maximum atomic E-state index is 13.0. The predicted molar refractivity (Wildman–Crippen MR) is 106 cm³/mol. The molecular formula is C20H16N2OS2. The number of hydrogen-bond donors (Lipinski definition) is 0. The van der Waals surface area contributed by atoms with Crippen molar-refractivity contribution in [3.63, 3.8) is 0 Å². The zero-order valence-corrected chi connectivity index (χ0v) is 15.3. The van der Waals surface area contributed by atoms with E-state index in [1.807, 2.05) is 60.0 Å². The fraction of sp³-hybridized carbons (Fsp3) is 0.100. The fourth-order valence-corrected chi connectivity index (χ4v) is 4.59. The average Bonchev–Trinajstić information content (AvgIpc) is 3.12. The van der Waals surface area contributed by atoms with Crippen molar-refractivity contribution < 1.29 is 0 Å². The normalized spacial score (nSPS) is 12.4. The molecule has 0 saturated carbocycles. The lowest BCUT2D eigenvalue weighted by atomic mass is 10.2. The van der Waals surface area contributed by atoms with Gasteiger partial charge in [0.1, 0.15) is 4.83 Å². The zero-order chi connectivity index (χ0) is 17.2. The SMILES string of the molecule is CC(Sc1nc2sccc2c(=O)n1-c1ccccc1)c1ccccc1. The highest BCUT2D eigenvalue weighted by Crippen LogP contribution is 2.35. The van der Waals surface area contributed by atoms with Crippen molar-refractivity contribution in [1.82, 2.24) is 9.55 Å². The Morgan fingerprint density at radius 2 is 1.68 bits per heavy atom. The summed E-state index contributed by atoms with van der Waals surface area (Å²) in [5.41, 5.74) is 2.05. The molecule has 25 heavy (non-hydrogen) atoms. The van der Waals surface area contributed by atoms with E-state index in [4.69, 9.17) is 4.98 Å². The van der Waals surface area contributed by atoms with Crippen LogP contribution in [0.25, 0.3) is 15.9 Å². The van der Waals surface area contributed by atoms with Crippen LogP contribution in [0.2, 0.25) is 0 Å². The van der Waals surface area contributed by atoms with Gasteiger partial charge in [0.15, 0.2) is 5.16 Å². The Labute approximate surface area is 154 Å². The first-order valence-corrected chi connectivity index (χ1v) is 9.77.